The third kappa shape index (κ3) is 3.49. The van der Waals surface area contributed by atoms with Crippen molar-refractivity contribution in [2.75, 3.05) is 12.4 Å². The summed E-state index contributed by atoms with van der Waals surface area (Å²) in [6.45, 7) is 0. The van der Waals surface area contributed by atoms with Gasteiger partial charge in [0.25, 0.3) is 11.6 Å². The molecule has 2 aromatic carbocycles. The molecule has 1 N–H and O–H groups in total. The van der Waals surface area contributed by atoms with Crippen LogP contribution in [0.1, 0.15) is 10.4 Å². The Morgan fingerprint density at radius 1 is 1.29 bits per heavy atom. The lowest BCUT2D eigenvalue weighted by atomic mass is 10.2. The Labute approximate surface area is 125 Å². The van der Waals surface area contributed by atoms with Crippen LogP contribution in [0.5, 0.6) is 5.75 Å². The lowest BCUT2D eigenvalue weighted by molar-refractivity contribution is -0.384. The molecule has 0 aliphatic rings. The highest BCUT2D eigenvalue weighted by Gasteiger charge is 2.15. The van der Waals surface area contributed by atoms with Crippen molar-refractivity contribution in [2.24, 2.45) is 0 Å². The molecule has 0 aliphatic carbocycles. The summed E-state index contributed by atoms with van der Waals surface area (Å²) >= 11 is 5.78. The van der Waals surface area contributed by atoms with Crippen molar-refractivity contribution in [1.29, 1.82) is 0 Å². The van der Waals surface area contributed by atoms with E-state index in [-0.39, 0.29) is 16.3 Å². The maximum absolute atomic E-state index is 12.1. The number of nitrogens with zero attached hydrogens (tertiary/aromatic N) is 1. The van der Waals surface area contributed by atoms with Crippen LogP contribution in [-0.4, -0.2) is 17.9 Å². The van der Waals surface area contributed by atoms with Crippen LogP contribution in [0.4, 0.5) is 11.4 Å². The molecular formula is C14H11ClN2O4. The van der Waals surface area contributed by atoms with E-state index in [9.17, 15) is 14.9 Å². The summed E-state index contributed by atoms with van der Waals surface area (Å²) in [5.41, 5.74) is 0.539. The number of nitro benzene ring substituents is 1. The third-order valence-corrected chi connectivity index (χ3v) is 3.04. The van der Waals surface area contributed by atoms with Gasteiger partial charge in [-0.15, -0.1) is 0 Å². The van der Waals surface area contributed by atoms with E-state index in [4.69, 9.17) is 16.3 Å². The number of methoxy groups -OCH3 is 1. The Hall–Kier alpha value is -2.60. The fraction of sp³-hybridized carbons (Fsp3) is 0.0714. The van der Waals surface area contributed by atoms with Crippen LogP contribution in [0, 0.1) is 10.1 Å². The van der Waals surface area contributed by atoms with Gasteiger partial charge in [-0.2, -0.15) is 0 Å². The van der Waals surface area contributed by atoms with Crippen molar-refractivity contribution >= 4 is 28.9 Å². The molecule has 2 aromatic rings. The highest BCUT2D eigenvalue weighted by Crippen LogP contribution is 2.25. The number of carbonyl (C=O) groups excluding carboxylic acids is 1. The molecule has 0 radical (unpaired) electrons. The molecule has 0 aliphatic heterocycles. The van der Waals surface area contributed by atoms with Gasteiger partial charge >= 0.3 is 0 Å². The molecule has 0 heterocycles. The summed E-state index contributed by atoms with van der Waals surface area (Å²) in [6.07, 6.45) is 0. The molecule has 0 unspecified atom stereocenters. The number of hydrogen-bond acceptors (Lipinski definition) is 4. The zero-order valence-corrected chi connectivity index (χ0v) is 11.8. The number of amides is 1. The van der Waals surface area contributed by atoms with Crippen LogP contribution in [0.25, 0.3) is 0 Å². The number of nitro groups is 1. The van der Waals surface area contributed by atoms with Crippen molar-refractivity contribution in [3.05, 3.63) is 63.2 Å². The van der Waals surface area contributed by atoms with E-state index >= 15 is 0 Å². The fourth-order valence-electron chi connectivity index (χ4n) is 1.70. The Morgan fingerprint density at radius 3 is 2.67 bits per heavy atom. The molecule has 0 fully saturated rings. The second-order valence-corrected chi connectivity index (χ2v) is 4.52. The molecule has 0 bridgehead atoms. The Morgan fingerprint density at radius 2 is 2.05 bits per heavy atom. The van der Waals surface area contributed by atoms with E-state index in [0.29, 0.717) is 11.4 Å². The monoisotopic (exact) mass is 306 g/mol. The molecule has 0 spiro atoms. The number of benzene rings is 2. The van der Waals surface area contributed by atoms with Crippen LogP contribution in [-0.2, 0) is 0 Å². The summed E-state index contributed by atoms with van der Waals surface area (Å²) < 4.78 is 5.06. The van der Waals surface area contributed by atoms with E-state index < -0.39 is 10.8 Å². The molecule has 21 heavy (non-hydrogen) atoms. The quantitative estimate of drug-likeness (QED) is 0.692. The van der Waals surface area contributed by atoms with Crippen molar-refractivity contribution in [3.8, 4) is 5.75 Å². The highest BCUT2D eigenvalue weighted by molar-refractivity contribution is 6.33. The molecule has 1 amide bonds. The van der Waals surface area contributed by atoms with Crippen molar-refractivity contribution < 1.29 is 14.5 Å². The smallest absolute Gasteiger partial charge is 0.287 e. The average Bonchev–Trinajstić information content (AvgIpc) is 2.46. The molecule has 0 atom stereocenters. The lowest BCUT2D eigenvalue weighted by Crippen LogP contribution is -2.12. The minimum Gasteiger partial charge on any atom is -0.497 e. The standard InChI is InChI=1S/C14H11ClN2O4/c1-21-11-4-2-3-10(8-11)16-14(18)9-5-6-13(17(19)20)12(15)7-9/h2-8H,1H3,(H,16,18). The van der Waals surface area contributed by atoms with Crippen LogP contribution in [0.3, 0.4) is 0 Å². The maximum Gasteiger partial charge on any atom is 0.287 e. The number of halogens is 1. The SMILES string of the molecule is COc1cccc(NC(=O)c2ccc([N+](=O)[O-])c(Cl)c2)c1. The number of rotatable bonds is 4. The van der Waals surface area contributed by atoms with Gasteiger partial charge in [-0.1, -0.05) is 17.7 Å². The second-order valence-electron chi connectivity index (χ2n) is 4.11. The number of carbonyl (C=O) groups is 1. The molecule has 0 saturated carbocycles. The summed E-state index contributed by atoms with van der Waals surface area (Å²) in [4.78, 5) is 22.1. The molecule has 6 nitrogen and oxygen atoms in total. The number of nitrogens with one attached hydrogen (secondary N) is 1. The van der Waals surface area contributed by atoms with Gasteiger partial charge in [0.2, 0.25) is 0 Å². The van der Waals surface area contributed by atoms with Gasteiger partial charge in [-0.05, 0) is 24.3 Å². The normalized spacial score (nSPS) is 10.0. The van der Waals surface area contributed by atoms with Gasteiger partial charge in [0.15, 0.2) is 0 Å². The van der Waals surface area contributed by atoms with Gasteiger partial charge in [-0.3, -0.25) is 14.9 Å². The van der Waals surface area contributed by atoms with E-state index in [1.54, 1.807) is 24.3 Å². The third-order valence-electron chi connectivity index (χ3n) is 2.73. The lowest BCUT2D eigenvalue weighted by Gasteiger charge is -2.07. The first-order valence-corrected chi connectivity index (χ1v) is 6.28. The second kappa shape index (κ2) is 6.23. The summed E-state index contributed by atoms with van der Waals surface area (Å²) in [5.74, 6) is 0.189. The van der Waals surface area contributed by atoms with Crippen LogP contribution in [0.2, 0.25) is 5.02 Å². The van der Waals surface area contributed by atoms with Crippen LogP contribution < -0.4 is 10.1 Å². The number of ether oxygens (including phenoxy) is 1. The van der Waals surface area contributed by atoms with E-state index in [1.807, 2.05) is 0 Å². The minimum absolute atomic E-state index is 0.0849. The molecule has 0 saturated heterocycles. The molecule has 2 rings (SSSR count). The minimum atomic E-state index is -0.605. The average molecular weight is 307 g/mol. The maximum atomic E-state index is 12.1. The zero-order chi connectivity index (χ0) is 15.4. The van der Waals surface area contributed by atoms with Crippen molar-refractivity contribution in [2.45, 2.75) is 0 Å². The summed E-state index contributed by atoms with van der Waals surface area (Å²) in [6, 6.07) is 10.6. The molecule has 7 heteroatoms. The topological polar surface area (TPSA) is 81.5 Å². The predicted molar refractivity (Wildman–Crippen MR) is 79.1 cm³/mol. The zero-order valence-electron chi connectivity index (χ0n) is 11.0. The predicted octanol–water partition coefficient (Wildman–Crippen LogP) is 3.51. The van der Waals surface area contributed by atoms with Crippen molar-refractivity contribution in [1.82, 2.24) is 0 Å². The van der Waals surface area contributed by atoms with Crippen LogP contribution >= 0.6 is 11.6 Å². The largest absolute Gasteiger partial charge is 0.497 e. The Kier molecular flexibility index (Phi) is 4.39. The Balaban J connectivity index is 2.20. The first-order valence-electron chi connectivity index (χ1n) is 5.90. The summed E-state index contributed by atoms with van der Waals surface area (Å²) in [5, 5.41) is 13.2. The van der Waals surface area contributed by atoms with Gasteiger partial charge in [0.1, 0.15) is 10.8 Å². The van der Waals surface area contributed by atoms with E-state index in [0.717, 1.165) is 0 Å². The first kappa shape index (κ1) is 14.8. The van der Waals surface area contributed by atoms with Gasteiger partial charge in [0.05, 0.1) is 12.0 Å². The van der Waals surface area contributed by atoms with E-state index in [2.05, 4.69) is 5.32 Å². The fourth-order valence-corrected chi connectivity index (χ4v) is 1.95. The summed E-state index contributed by atoms with van der Waals surface area (Å²) in [7, 11) is 1.52. The van der Waals surface area contributed by atoms with Crippen LogP contribution in [0.15, 0.2) is 42.5 Å². The Bertz CT molecular complexity index is 703. The van der Waals surface area contributed by atoms with Gasteiger partial charge in [-0.25, -0.2) is 0 Å². The van der Waals surface area contributed by atoms with Gasteiger partial charge < -0.3 is 10.1 Å². The van der Waals surface area contributed by atoms with Crippen molar-refractivity contribution in [3.63, 3.8) is 0 Å². The van der Waals surface area contributed by atoms with E-state index in [1.165, 1.54) is 25.3 Å². The molecule has 0 aromatic heterocycles. The number of anilines is 1. The molecule has 108 valence electrons. The highest BCUT2D eigenvalue weighted by atomic mass is 35.5. The number of hydrogen-bond donors (Lipinski definition) is 1. The molecular weight excluding hydrogens is 296 g/mol. The first-order chi connectivity index (χ1) is 10.0. The van der Waals surface area contributed by atoms with Gasteiger partial charge in [0, 0.05) is 23.4 Å².